The van der Waals surface area contributed by atoms with Gasteiger partial charge >= 0.3 is 0 Å². The van der Waals surface area contributed by atoms with Gasteiger partial charge in [0.15, 0.2) is 0 Å². The van der Waals surface area contributed by atoms with Gasteiger partial charge in [0.2, 0.25) is 0 Å². The summed E-state index contributed by atoms with van der Waals surface area (Å²) in [5, 5.41) is 0. The van der Waals surface area contributed by atoms with Crippen molar-refractivity contribution < 1.29 is 0 Å². The van der Waals surface area contributed by atoms with Crippen molar-refractivity contribution in [2.75, 3.05) is 5.75 Å². The first kappa shape index (κ1) is 15.4. The molecule has 1 atom stereocenters. The van der Waals surface area contributed by atoms with Crippen molar-refractivity contribution in [2.24, 2.45) is 11.3 Å². The standard InChI is InChI=1S/C17H26N2S/c1-5-8-16-18-14-9-6-7-10-15(14)19(16)11-13(12-20)17(2,3)4/h6-7,9-10,13,20H,5,8,11-12H2,1-4H3. The molecule has 0 amide bonds. The van der Waals surface area contributed by atoms with Crippen molar-refractivity contribution in [3.63, 3.8) is 0 Å². The van der Waals surface area contributed by atoms with Crippen LogP contribution in [-0.2, 0) is 13.0 Å². The lowest BCUT2D eigenvalue weighted by Crippen LogP contribution is -2.27. The molecule has 2 rings (SSSR count). The summed E-state index contributed by atoms with van der Waals surface area (Å²) in [6.45, 7) is 10.1. The number of benzene rings is 1. The lowest BCUT2D eigenvalue weighted by atomic mass is 9.82. The van der Waals surface area contributed by atoms with Crippen molar-refractivity contribution in [2.45, 2.75) is 47.1 Å². The molecule has 1 unspecified atom stereocenters. The molecule has 3 heteroatoms. The van der Waals surface area contributed by atoms with Crippen LogP contribution in [0.5, 0.6) is 0 Å². The van der Waals surface area contributed by atoms with E-state index < -0.39 is 0 Å². The summed E-state index contributed by atoms with van der Waals surface area (Å²) >= 11 is 4.57. The van der Waals surface area contributed by atoms with Gasteiger partial charge < -0.3 is 4.57 Å². The van der Waals surface area contributed by atoms with Crippen LogP contribution < -0.4 is 0 Å². The second-order valence-electron chi connectivity index (χ2n) is 6.62. The van der Waals surface area contributed by atoms with E-state index in [-0.39, 0.29) is 5.41 Å². The number of thiol groups is 1. The second kappa shape index (κ2) is 6.21. The molecule has 0 N–H and O–H groups in total. The maximum absolute atomic E-state index is 4.81. The average Bonchev–Trinajstić information content (AvgIpc) is 2.72. The summed E-state index contributed by atoms with van der Waals surface area (Å²) < 4.78 is 2.41. The maximum atomic E-state index is 4.81. The SMILES string of the molecule is CCCc1nc2ccccc2n1CC(CS)C(C)(C)C. The maximum Gasteiger partial charge on any atom is 0.109 e. The van der Waals surface area contributed by atoms with Crippen molar-refractivity contribution >= 4 is 23.7 Å². The molecule has 0 aliphatic heterocycles. The van der Waals surface area contributed by atoms with E-state index in [0.717, 1.165) is 30.7 Å². The van der Waals surface area contributed by atoms with Gasteiger partial charge in [-0.3, -0.25) is 0 Å². The number of para-hydroxylation sites is 2. The molecule has 2 nitrogen and oxygen atoms in total. The van der Waals surface area contributed by atoms with Crippen LogP contribution in [0, 0.1) is 11.3 Å². The Bertz CT molecular complexity index is 566. The number of rotatable bonds is 5. The van der Waals surface area contributed by atoms with Crippen molar-refractivity contribution in [1.82, 2.24) is 9.55 Å². The predicted molar refractivity (Wildman–Crippen MR) is 90.5 cm³/mol. The van der Waals surface area contributed by atoms with Crippen LogP contribution in [0.15, 0.2) is 24.3 Å². The Morgan fingerprint density at radius 2 is 1.95 bits per heavy atom. The molecule has 0 saturated heterocycles. The minimum absolute atomic E-state index is 0.261. The summed E-state index contributed by atoms with van der Waals surface area (Å²) in [7, 11) is 0. The molecular formula is C17H26N2S. The van der Waals surface area contributed by atoms with Crippen molar-refractivity contribution in [3.05, 3.63) is 30.1 Å². The van der Waals surface area contributed by atoms with E-state index in [4.69, 9.17) is 4.98 Å². The zero-order chi connectivity index (χ0) is 14.8. The van der Waals surface area contributed by atoms with Crippen molar-refractivity contribution in [1.29, 1.82) is 0 Å². The summed E-state index contributed by atoms with van der Waals surface area (Å²) in [5.74, 6) is 2.66. The van der Waals surface area contributed by atoms with E-state index in [9.17, 15) is 0 Å². The number of nitrogens with zero attached hydrogens (tertiary/aromatic N) is 2. The van der Waals surface area contributed by atoms with Gasteiger partial charge in [0, 0.05) is 13.0 Å². The highest BCUT2D eigenvalue weighted by molar-refractivity contribution is 7.80. The lowest BCUT2D eigenvalue weighted by Gasteiger charge is -2.30. The molecule has 0 spiro atoms. The van der Waals surface area contributed by atoms with Crippen LogP contribution in [0.1, 0.15) is 39.9 Å². The fourth-order valence-corrected chi connectivity index (χ4v) is 3.23. The molecule has 0 fully saturated rings. The molecule has 1 aromatic carbocycles. The average molecular weight is 290 g/mol. The van der Waals surface area contributed by atoms with Crippen LogP contribution in [0.4, 0.5) is 0 Å². The molecular weight excluding hydrogens is 264 g/mol. The normalized spacial score (nSPS) is 13.8. The first-order valence-corrected chi connectivity index (χ1v) is 8.15. The molecule has 1 heterocycles. The van der Waals surface area contributed by atoms with E-state index in [1.54, 1.807) is 0 Å². The summed E-state index contributed by atoms with van der Waals surface area (Å²) in [5.41, 5.74) is 2.63. The third-order valence-corrected chi connectivity index (χ3v) is 4.50. The van der Waals surface area contributed by atoms with Crippen LogP contribution in [-0.4, -0.2) is 15.3 Å². The van der Waals surface area contributed by atoms with Gasteiger partial charge in [-0.15, -0.1) is 0 Å². The van der Waals surface area contributed by atoms with Crippen molar-refractivity contribution in [3.8, 4) is 0 Å². The number of fused-ring (bicyclic) bond motifs is 1. The Balaban J connectivity index is 2.43. The van der Waals surface area contributed by atoms with Gasteiger partial charge in [0.25, 0.3) is 0 Å². The van der Waals surface area contributed by atoms with Gasteiger partial charge in [0.1, 0.15) is 5.82 Å². The van der Waals surface area contributed by atoms with Gasteiger partial charge in [-0.2, -0.15) is 12.6 Å². The number of hydrogen-bond donors (Lipinski definition) is 1. The van der Waals surface area contributed by atoms with Gasteiger partial charge in [0.05, 0.1) is 11.0 Å². The lowest BCUT2D eigenvalue weighted by molar-refractivity contribution is 0.238. The van der Waals surface area contributed by atoms with E-state index in [0.29, 0.717) is 5.92 Å². The zero-order valence-corrected chi connectivity index (χ0v) is 14.0. The Morgan fingerprint density at radius 3 is 2.55 bits per heavy atom. The third kappa shape index (κ3) is 3.20. The second-order valence-corrected chi connectivity index (χ2v) is 6.99. The Morgan fingerprint density at radius 1 is 1.25 bits per heavy atom. The zero-order valence-electron chi connectivity index (χ0n) is 13.1. The largest absolute Gasteiger partial charge is 0.328 e. The van der Waals surface area contributed by atoms with Gasteiger partial charge in [-0.25, -0.2) is 4.98 Å². The Kier molecular flexibility index (Phi) is 4.79. The highest BCUT2D eigenvalue weighted by Gasteiger charge is 2.25. The molecule has 2 aromatic rings. The van der Waals surface area contributed by atoms with Crippen LogP contribution in [0.3, 0.4) is 0 Å². The Hall–Kier alpha value is -0.960. The predicted octanol–water partition coefficient (Wildman–Crippen LogP) is 4.58. The van der Waals surface area contributed by atoms with E-state index in [1.807, 2.05) is 0 Å². The molecule has 0 aliphatic carbocycles. The summed E-state index contributed by atoms with van der Waals surface area (Å²) in [4.78, 5) is 4.81. The molecule has 110 valence electrons. The minimum Gasteiger partial charge on any atom is -0.328 e. The molecule has 1 aromatic heterocycles. The van der Waals surface area contributed by atoms with E-state index in [2.05, 4.69) is 69.2 Å². The summed E-state index contributed by atoms with van der Waals surface area (Å²) in [6, 6.07) is 8.45. The van der Waals surface area contributed by atoms with Crippen LogP contribution >= 0.6 is 12.6 Å². The van der Waals surface area contributed by atoms with Gasteiger partial charge in [-0.05, 0) is 35.6 Å². The molecule has 20 heavy (non-hydrogen) atoms. The minimum atomic E-state index is 0.261. The van der Waals surface area contributed by atoms with Crippen LogP contribution in [0.25, 0.3) is 11.0 Å². The molecule has 0 aliphatic rings. The fourth-order valence-electron chi connectivity index (χ4n) is 2.57. The monoisotopic (exact) mass is 290 g/mol. The van der Waals surface area contributed by atoms with E-state index >= 15 is 0 Å². The third-order valence-electron chi connectivity index (χ3n) is 4.06. The van der Waals surface area contributed by atoms with Gasteiger partial charge in [-0.1, -0.05) is 39.8 Å². The summed E-state index contributed by atoms with van der Waals surface area (Å²) in [6.07, 6.45) is 2.17. The molecule has 0 saturated carbocycles. The number of hydrogen-bond acceptors (Lipinski definition) is 2. The quantitative estimate of drug-likeness (QED) is 0.798. The smallest absolute Gasteiger partial charge is 0.109 e. The molecule has 0 bridgehead atoms. The first-order valence-electron chi connectivity index (χ1n) is 7.52. The highest BCUT2D eigenvalue weighted by Crippen LogP contribution is 2.30. The number of aryl methyl sites for hydroxylation is 1. The molecule has 0 radical (unpaired) electrons. The number of imidazole rings is 1. The van der Waals surface area contributed by atoms with E-state index in [1.165, 1.54) is 11.3 Å². The highest BCUT2D eigenvalue weighted by atomic mass is 32.1. The van der Waals surface area contributed by atoms with Crippen LogP contribution in [0.2, 0.25) is 0 Å². The topological polar surface area (TPSA) is 17.8 Å². The fraction of sp³-hybridized carbons (Fsp3) is 0.588. The Labute approximate surface area is 128 Å². The first-order chi connectivity index (χ1) is 9.47. The number of aromatic nitrogens is 2.